The van der Waals surface area contributed by atoms with E-state index in [9.17, 15) is 8.78 Å². The minimum Gasteiger partial charge on any atom is -0.299 e. The molecule has 1 aromatic heterocycles. The first-order chi connectivity index (χ1) is 13.2. The second kappa shape index (κ2) is 6.63. The molecule has 27 heavy (non-hydrogen) atoms. The lowest BCUT2D eigenvalue weighted by Gasteiger charge is -2.36. The number of aromatic nitrogens is 2. The van der Waals surface area contributed by atoms with Crippen LogP contribution in [-0.4, -0.2) is 34.3 Å². The summed E-state index contributed by atoms with van der Waals surface area (Å²) in [5.74, 6) is -1.34. The number of benzene rings is 2. The lowest BCUT2D eigenvalue weighted by Crippen LogP contribution is -2.45. The van der Waals surface area contributed by atoms with Crippen LogP contribution < -0.4 is 10.9 Å². The molecule has 8 heteroatoms. The van der Waals surface area contributed by atoms with E-state index >= 15 is 0 Å². The second-order valence-corrected chi connectivity index (χ2v) is 7.32. The number of hydrogen-bond donors (Lipinski definition) is 2. The first-order valence-corrected chi connectivity index (χ1v) is 9.07. The minimum atomic E-state index is -0.815. The van der Waals surface area contributed by atoms with Gasteiger partial charge in [0.05, 0.1) is 6.04 Å². The van der Waals surface area contributed by atoms with E-state index in [0.717, 1.165) is 48.2 Å². The Kier molecular flexibility index (Phi) is 4.11. The van der Waals surface area contributed by atoms with Crippen molar-refractivity contribution in [1.82, 2.24) is 26.1 Å². The van der Waals surface area contributed by atoms with Crippen molar-refractivity contribution in [1.29, 1.82) is 0 Å². The molecule has 2 saturated heterocycles. The Hall–Kier alpha value is -2.42. The minimum absolute atomic E-state index is 0.0462. The largest absolute Gasteiger partial charge is 0.299 e. The first-order valence-electron chi connectivity index (χ1n) is 9.07. The van der Waals surface area contributed by atoms with Crippen molar-refractivity contribution in [3.8, 4) is 0 Å². The van der Waals surface area contributed by atoms with Crippen LogP contribution in [-0.2, 0) is 6.54 Å². The summed E-state index contributed by atoms with van der Waals surface area (Å²) in [6, 6.07) is 10.4. The van der Waals surface area contributed by atoms with Crippen LogP contribution in [0.4, 0.5) is 8.78 Å². The highest BCUT2D eigenvalue weighted by molar-refractivity contribution is 5.73. The number of nitrogens with one attached hydrogen (secondary N) is 2. The molecule has 0 bridgehead atoms. The molecule has 2 aliphatic heterocycles. The van der Waals surface area contributed by atoms with Crippen LogP contribution in [0.1, 0.15) is 23.6 Å². The van der Waals surface area contributed by atoms with Crippen molar-refractivity contribution in [2.45, 2.75) is 25.0 Å². The molecule has 3 aromatic rings. The number of hydrazine groups is 1. The van der Waals surface area contributed by atoms with Gasteiger partial charge >= 0.3 is 0 Å². The topological polar surface area (TPSA) is 66.2 Å². The number of rotatable bonds is 3. The van der Waals surface area contributed by atoms with Crippen molar-refractivity contribution in [3.05, 3.63) is 59.2 Å². The summed E-state index contributed by atoms with van der Waals surface area (Å²) >= 11 is 0. The van der Waals surface area contributed by atoms with E-state index in [2.05, 4.69) is 26.1 Å². The van der Waals surface area contributed by atoms with Gasteiger partial charge in [-0.2, -0.15) is 0 Å². The van der Waals surface area contributed by atoms with Crippen LogP contribution >= 0.6 is 0 Å². The van der Waals surface area contributed by atoms with Gasteiger partial charge in [-0.05, 0) is 52.1 Å². The van der Waals surface area contributed by atoms with Crippen molar-refractivity contribution < 1.29 is 13.4 Å². The van der Waals surface area contributed by atoms with Gasteiger partial charge in [-0.15, -0.1) is 0 Å². The average Bonchev–Trinajstić information content (AvgIpc) is 3.30. The summed E-state index contributed by atoms with van der Waals surface area (Å²) in [6.07, 6.45) is 0.992. The Morgan fingerprint density at radius 1 is 1.04 bits per heavy atom. The van der Waals surface area contributed by atoms with Gasteiger partial charge in [0.25, 0.3) is 0 Å². The SMILES string of the molecule is Fc1ccc(C2NNC3CCN(Cc4ccc5nonc5c4)CC32)cc1F. The number of hydrogen-bond acceptors (Lipinski definition) is 6. The Balaban J connectivity index is 1.33. The smallest absolute Gasteiger partial charge is 0.159 e. The average molecular weight is 371 g/mol. The van der Waals surface area contributed by atoms with Crippen LogP contribution in [0.3, 0.4) is 0 Å². The van der Waals surface area contributed by atoms with Crippen molar-refractivity contribution in [3.63, 3.8) is 0 Å². The summed E-state index contributed by atoms with van der Waals surface area (Å²) in [4.78, 5) is 2.39. The third-order valence-electron chi connectivity index (χ3n) is 5.62. The molecule has 140 valence electrons. The van der Waals surface area contributed by atoms with E-state index in [0.29, 0.717) is 6.04 Å². The molecule has 3 heterocycles. The van der Waals surface area contributed by atoms with E-state index < -0.39 is 11.6 Å². The maximum absolute atomic E-state index is 13.7. The molecule has 2 aliphatic rings. The van der Waals surface area contributed by atoms with Gasteiger partial charge in [0.2, 0.25) is 0 Å². The standard InChI is InChI=1S/C19H19F2N5O/c20-14-3-2-12(8-15(14)21)19-13-10-26(6-5-16(13)22-23-19)9-11-1-4-17-18(7-11)25-27-24-17/h1-4,7-8,13,16,19,22-23H,5-6,9-10H2. The van der Waals surface area contributed by atoms with Crippen LogP contribution in [0.5, 0.6) is 0 Å². The molecule has 0 aliphatic carbocycles. The summed E-state index contributed by atoms with van der Waals surface area (Å²) in [5.41, 5.74) is 10.0. The summed E-state index contributed by atoms with van der Waals surface area (Å²) < 4.78 is 31.7. The maximum atomic E-state index is 13.7. The Morgan fingerprint density at radius 3 is 2.81 bits per heavy atom. The van der Waals surface area contributed by atoms with Gasteiger partial charge in [-0.25, -0.2) is 18.8 Å². The molecule has 2 N–H and O–H groups in total. The predicted octanol–water partition coefficient (Wildman–Crippen LogP) is 2.54. The van der Waals surface area contributed by atoms with Gasteiger partial charge in [0.1, 0.15) is 11.0 Å². The molecule has 0 radical (unpaired) electrons. The van der Waals surface area contributed by atoms with E-state index in [-0.39, 0.29) is 12.0 Å². The highest BCUT2D eigenvalue weighted by Gasteiger charge is 2.40. The van der Waals surface area contributed by atoms with E-state index in [4.69, 9.17) is 4.63 Å². The third kappa shape index (κ3) is 3.09. The molecule has 2 fully saturated rings. The monoisotopic (exact) mass is 371 g/mol. The molecule has 0 spiro atoms. The van der Waals surface area contributed by atoms with Gasteiger partial charge < -0.3 is 0 Å². The molecule has 5 rings (SSSR count). The molecule has 3 atom stereocenters. The molecule has 6 nitrogen and oxygen atoms in total. The number of nitrogens with zero attached hydrogens (tertiary/aromatic N) is 3. The van der Waals surface area contributed by atoms with E-state index in [1.807, 2.05) is 18.2 Å². The van der Waals surface area contributed by atoms with Crippen LogP contribution in [0, 0.1) is 17.6 Å². The normalized spacial score (nSPS) is 25.8. The zero-order chi connectivity index (χ0) is 18.4. The zero-order valence-corrected chi connectivity index (χ0v) is 14.5. The van der Waals surface area contributed by atoms with Crippen LogP contribution in [0.2, 0.25) is 0 Å². The summed E-state index contributed by atoms with van der Waals surface area (Å²) in [7, 11) is 0. The van der Waals surface area contributed by atoms with Crippen molar-refractivity contribution >= 4 is 11.0 Å². The fraction of sp³-hybridized carbons (Fsp3) is 0.368. The Labute approximate surface area is 154 Å². The quantitative estimate of drug-likeness (QED) is 0.738. The van der Waals surface area contributed by atoms with Gasteiger partial charge in [-0.3, -0.25) is 10.3 Å². The molecule has 0 saturated carbocycles. The predicted molar refractivity (Wildman–Crippen MR) is 94.3 cm³/mol. The van der Waals surface area contributed by atoms with Crippen molar-refractivity contribution in [2.24, 2.45) is 5.92 Å². The zero-order valence-electron chi connectivity index (χ0n) is 14.5. The number of piperidine rings is 1. The fourth-order valence-corrected chi connectivity index (χ4v) is 4.24. The molecule has 0 amide bonds. The van der Waals surface area contributed by atoms with Crippen LogP contribution in [0.25, 0.3) is 11.0 Å². The molecule has 2 aromatic carbocycles. The van der Waals surface area contributed by atoms with Gasteiger partial charge in [0.15, 0.2) is 11.6 Å². The first kappa shape index (κ1) is 16.7. The highest BCUT2D eigenvalue weighted by atomic mass is 19.2. The number of likely N-dealkylation sites (tertiary alicyclic amines) is 1. The summed E-state index contributed by atoms with van der Waals surface area (Å²) in [5, 5.41) is 7.74. The summed E-state index contributed by atoms with van der Waals surface area (Å²) in [6.45, 7) is 2.63. The second-order valence-electron chi connectivity index (χ2n) is 7.32. The lowest BCUT2D eigenvalue weighted by molar-refractivity contribution is 0.148. The number of fused-ring (bicyclic) bond motifs is 2. The Bertz CT molecular complexity index is 978. The Morgan fingerprint density at radius 2 is 1.93 bits per heavy atom. The van der Waals surface area contributed by atoms with Crippen molar-refractivity contribution in [2.75, 3.05) is 13.1 Å². The third-order valence-corrected chi connectivity index (χ3v) is 5.62. The number of halogens is 2. The molecule has 3 unspecified atom stereocenters. The van der Waals surface area contributed by atoms with Crippen LogP contribution in [0.15, 0.2) is 41.0 Å². The molecular formula is C19H19F2N5O. The molecular weight excluding hydrogens is 352 g/mol. The van der Waals surface area contributed by atoms with E-state index in [1.165, 1.54) is 12.1 Å². The van der Waals surface area contributed by atoms with E-state index in [1.54, 1.807) is 6.07 Å². The van der Waals surface area contributed by atoms with Gasteiger partial charge in [-0.1, -0.05) is 12.1 Å². The lowest BCUT2D eigenvalue weighted by atomic mass is 9.85. The van der Waals surface area contributed by atoms with Gasteiger partial charge in [0, 0.05) is 31.6 Å². The fourth-order valence-electron chi connectivity index (χ4n) is 4.24. The highest BCUT2D eigenvalue weighted by Crippen LogP contribution is 2.34. The maximum Gasteiger partial charge on any atom is 0.159 e.